The number of hydrogen-bond acceptors (Lipinski definition) is 4. The fourth-order valence-corrected chi connectivity index (χ4v) is 2.56. The summed E-state index contributed by atoms with van der Waals surface area (Å²) in [5.74, 6) is 0.403. The molecule has 3 rings (SSSR count). The van der Waals surface area contributed by atoms with Crippen LogP contribution < -0.4 is 5.32 Å². The third kappa shape index (κ3) is 3.45. The molecule has 1 amide bonds. The number of pyridine rings is 1. The van der Waals surface area contributed by atoms with Crippen molar-refractivity contribution in [1.29, 1.82) is 0 Å². The highest BCUT2D eigenvalue weighted by atomic mass is 79.9. The second kappa shape index (κ2) is 6.70. The van der Waals surface area contributed by atoms with Gasteiger partial charge in [-0.3, -0.25) is 9.36 Å². The van der Waals surface area contributed by atoms with Gasteiger partial charge in [-0.2, -0.15) is 0 Å². The number of aromatic nitrogens is 4. The Labute approximate surface area is 141 Å². The summed E-state index contributed by atoms with van der Waals surface area (Å²) in [6, 6.07) is 11.4. The lowest BCUT2D eigenvalue weighted by Crippen LogP contribution is -2.27. The Bertz CT molecular complexity index is 805. The minimum atomic E-state index is -0.176. The van der Waals surface area contributed by atoms with Gasteiger partial charge in [0.1, 0.15) is 18.5 Å². The first-order valence-corrected chi connectivity index (χ1v) is 7.81. The predicted molar refractivity (Wildman–Crippen MR) is 89.2 cm³/mol. The van der Waals surface area contributed by atoms with Crippen LogP contribution in [0, 0.1) is 0 Å². The fraction of sp³-hybridized carbons (Fsp3) is 0.125. The average Bonchev–Trinajstić information content (AvgIpc) is 3.10. The van der Waals surface area contributed by atoms with Crippen LogP contribution in [0.15, 0.2) is 59.7 Å². The zero-order valence-electron chi connectivity index (χ0n) is 12.3. The van der Waals surface area contributed by atoms with E-state index in [1.807, 2.05) is 37.3 Å². The molecule has 0 aliphatic carbocycles. The Hall–Kier alpha value is -2.54. The second-order valence-corrected chi connectivity index (χ2v) is 5.85. The number of carbonyl (C=O) groups is 1. The summed E-state index contributed by atoms with van der Waals surface area (Å²) in [5, 5.41) is 10.5. The number of nitrogens with one attached hydrogen (secondary N) is 1. The molecule has 3 aromatic rings. The lowest BCUT2D eigenvalue weighted by atomic mass is 10.1. The maximum absolute atomic E-state index is 12.6. The van der Waals surface area contributed by atoms with E-state index in [0.29, 0.717) is 15.9 Å². The van der Waals surface area contributed by atoms with E-state index < -0.39 is 0 Å². The molecule has 0 fully saturated rings. The number of benzene rings is 1. The molecular weight excluding hydrogens is 358 g/mol. The number of rotatable bonds is 4. The van der Waals surface area contributed by atoms with Crippen LogP contribution >= 0.6 is 15.9 Å². The average molecular weight is 372 g/mol. The lowest BCUT2D eigenvalue weighted by molar-refractivity contribution is 0.0939. The molecule has 23 heavy (non-hydrogen) atoms. The van der Waals surface area contributed by atoms with Crippen LogP contribution in [-0.2, 0) is 0 Å². The SMILES string of the molecule is C[C@H](NC(=O)c1cc(-n2cnnc2)ncc1Br)c1ccccc1. The van der Waals surface area contributed by atoms with Crippen molar-refractivity contribution in [1.82, 2.24) is 25.1 Å². The first-order valence-electron chi connectivity index (χ1n) is 7.01. The van der Waals surface area contributed by atoms with Crippen molar-refractivity contribution < 1.29 is 4.79 Å². The van der Waals surface area contributed by atoms with Gasteiger partial charge >= 0.3 is 0 Å². The molecule has 7 heteroatoms. The van der Waals surface area contributed by atoms with Crippen molar-refractivity contribution in [2.24, 2.45) is 0 Å². The van der Waals surface area contributed by atoms with Crippen LogP contribution in [0.5, 0.6) is 0 Å². The Balaban J connectivity index is 1.83. The van der Waals surface area contributed by atoms with Crippen LogP contribution in [-0.4, -0.2) is 25.7 Å². The molecule has 1 N–H and O–H groups in total. The number of nitrogens with zero attached hydrogens (tertiary/aromatic N) is 4. The van der Waals surface area contributed by atoms with Crippen molar-refractivity contribution in [2.75, 3.05) is 0 Å². The molecule has 0 unspecified atom stereocenters. The highest BCUT2D eigenvalue weighted by Crippen LogP contribution is 2.20. The largest absolute Gasteiger partial charge is 0.345 e. The smallest absolute Gasteiger partial charge is 0.253 e. The van der Waals surface area contributed by atoms with Gasteiger partial charge in [0.25, 0.3) is 5.91 Å². The number of carbonyl (C=O) groups excluding carboxylic acids is 1. The molecule has 2 aromatic heterocycles. The molecule has 0 saturated heterocycles. The molecule has 1 atom stereocenters. The van der Waals surface area contributed by atoms with Crippen LogP contribution in [0.4, 0.5) is 0 Å². The zero-order chi connectivity index (χ0) is 16.2. The molecule has 0 aliphatic rings. The summed E-state index contributed by atoms with van der Waals surface area (Å²) < 4.78 is 2.27. The van der Waals surface area contributed by atoms with Gasteiger partial charge in [0.05, 0.1) is 11.6 Å². The van der Waals surface area contributed by atoms with Crippen molar-refractivity contribution in [3.8, 4) is 5.82 Å². The van der Waals surface area contributed by atoms with E-state index in [4.69, 9.17) is 0 Å². The Morgan fingerprint density at radius 1 is 1.22 bits per heavy atom. The van der Waals surface area contributed by atoms with E-state index >= 15 is 0 Å². The van der Waals surface area contributed by atoms with Crippen LogP contribution in [0.1, 0.15) is 28.9 Å². The van der Waals surface area contributed by atoms with Crippen molar-refractivity contribution in [3.05, 3.63) is 70.8 Å². The van der Waals surface area contributed by atoms with Gasteiger partial charge in [-0.1, -0.05) is 30.3 Å². The first kappa shape index (κ1) is 15.4. The molecule has 6 nitrogen and oxygen atoms in total. The molecule has 0 saturated carbocycles. The van der Waals surface area contributed by atoms with E-state index in [2.05, 4.69) is 36.4 Å². The number of hydrogen-bond donors (Lipinski definition) is 1. The summed E-state index contributed by atoms with van der Waals surface area (Å²) in [5.41, 5.74) is 1.55. The molecular formula is C16H14BrN5O. The summed E-state index contributed by atoms with van der Waals surface area (Å²) in [4.78, 5) is 16.8. The second-order valence-electron chi connectivity index (χ2n) is 5.00. The third-order valence-corrected chi connectivity index (χ3v) is 4.05. The van der Waals surface area contributed by atoms with Gasteiger partial charge in [-0.25, -0.2) is 4.98 Å². The Morgan fingerprint density at radius 3 is 2.61 bits per heavy atom. The van der Waals surface area contributed by atoms with Gasteiger partial charge in [0.2, 0.25) is 0 Å². The van der Waals surface area contributed by atoms with Gasteiger partial charge in [-0.15, -0.1) is 10.2 Å². The summed E-state index contributed by atoms with van der Waals surface area (Å²) in [6.07, 6.45) is 4.66. The van der Waals surface area contributed by atoms with Gasteiger partial charge < -0.3 is 5.32 Å². The Kier molecular flexibility index (Phi) is 4.47. The van der Waals surface area contributed by atoms with E-state index in [1.165, 1.54) is 12.7 Å². The molecule has 116 valence electrons. The van der Waals surface area contributed by atoms with Crippen molar-refractivity contribution in [2.45, 2.75) is 13.0 Å². The predicted octanol–water partition coefficient (Wildman–Crippen LogP) is 2.92. The van der Waals surface area contributed by atoms with E-state index in [0.717, 1.165) is 5.56 Å². The van der Waals surface area contributed by atoms with Crippen LogP contribution in [0.25, 0.3) is 5.82 Å². The molecule has 0 bridgehead atoms. The highest BCUT2D eigenvalue weighted by molar-refractivity contribution is 9.10. The minimum Gasteiger partial charge on any atom is -0.345 e. The fourth-order valence-electron chi connectivity index (χ4n) is 2.16. The Morgan fingerprint density at radius 2 is 1.91 bits per heavy atom. The van der Waals surface area contributed by atoms with Gasteiger partial charge in [0, 0.05) is 10.7 Å². The molecule has 0 radical (unpaired) electrons. The normalized spacial score (nSPS) is 11.9. The molecule has 1 aromatic carbocycles. The van der Waals surface area contributed by atoms with Crippen molar-refractivity contribution >= 4 is 21.8 Å². The summed E-state index contributed by atoms with van der Waals surface area (Å²) >= 11 is 3.38. The first-order chi connectivity index (χ1) is 11.1. The quantitative estimate of drug-likeness (QED) is 0.765. The van der Waals surface area contributed by atoms with Crippen LogP contribution in [0.3, 0.4) is 0 Å². The van der Waals surface area contributed by atoms with Gasteiger partial charge in [-0.05, 0) is 34.5 Å². The lowest BCUT2D eigenvalue weighted by Gasteiger charge is -2.15. The van der Waals surface area contributed by atoms with Gasteiger partial charge in [0.15, 0.2) is 0 Å². The summed E-state index contributed by atoms with van der Waals surface area (Å²) in [6.45, 7) is 1.95. The number of halogens is 1. The molecule has 0 spiro atoms. The standard InChI is InChI=1S/C16H14BrN5O/c1-11(12-5-3-2-4-6-12)21-16(23)13-7-15(18-8-14(13)17)22-9-19-20-10-22/h2-11H,1H3,(H,21,23)/t11-/m0/s1. The number of amides is 1. The monoisotopic (exact) mass is 371 g/mol. The summed E-state index contributed by atoms with van der Waals surface area (Å²) in [7, 11) is 0. The minimum absolute atomic E-state index is 0.0953. The van der Waals surface area contributed by atoms with Crippen molar-refractivity contribution in [3.63, 3.8) is 0 Å². The van der Waals surface area contributed by atoms with E-state index in [-0.39, 0.29) is 11.9 Å². The van der Waals surface area contributed by atoms with E-state index in [1.54, 1.807) is 16.8 Å². The maximum atomic E-state index is 12.6. The van der Waals surface area contributed by atoms with Crippen LogP contribution in [0.2, 0.25) is 0 Å². The molecule has 2 heterocycles. The maximum Gasteiger partial charge on any atom is 0.253 e. The third-order valence-electron chi connectivity index (χ3n) is 3.42. The van der Waals surface area contributed by atoms with E-state index in [9.17, 15) is 4.79 Å². The topological polar surface area (TPSA) is 72.7 Å². The highest BCUT2D eigenvalue weighted by Gasteiger charge is 2.15. The zero-order valence-corrected chi connectivity index (χ0v) is 13.9. The molecule has 0 aliphatic heterocycles.